The van der Waals surface area contributed by atoms with Gasteiger partial charge in [-0.15, -0.1) is 0 Å². The highest BCUT2D eigenvalue weighted by atomic mass is 15.3. The molecule has 1 aromatic rings. The van der Waals surface area contributed by atoms with Gasteiger partial charge in [0.25, 0.3) is 0 Å². The Labute approximate surface area is 121 Å². The van der Waals surface area contributed by atoms with E-state index in [1.165, 1.54) is 63.8 Å². The molecule has 2 aliphatic heterocycles. The van der Waals surface area contributed by atoms with E-state index in [2.05, 4.69) is 28.0 Å². The molecule has 108 valence electrons. The lowest BCUT2D eigenvalue weighted by molar-refractivity contribution is 0.0271. The van der Waals surface area contributed by atoms with Crippen LogP contribution in [0.1, 0.15) is 42.9 Å². The lowest BCUT2D eigenvalue weighted by atomic mass is 9.97. The lowest BCUT2D eigenvalue weighted by Crippen LogP contribution is -2.55. The molecule has 3 heteroatoms. The summed E-state index contributed by atoms with van der Waals surface area (Å²) in [5.41, 5.74) is 9.87. The summed E-state index contributed by atoms with van der Waals surface area (Å²) in [6.45, 7) is 5.11. The molecule has 0 amide bonds. The number of nitrogens with two attached hydrogens (primary N) is 1. The summed E-state index contributed by atoms with van der Waals surface area (Å²) < 4.78 is 0. The first-order valence-corrected chi connectivity index (χ1v) is 8.17. The molecule has 4 rings (SSSR count). The summed E-state index contributed by atoms with van der Waals surface area (Å²) in [5, 5.41) is 0. The van der Waals surface area contributed by atoms with E-state index in [4.69, 9.17) is 5.73 Å². The third-order valence-corrected chi connectivity index (χ3v) is 5.52. The quantitative estimate of drug-likeness (QED) is 0.796. The van der Waals surface area contributed by atoms with Crippen molar-refractivity contribution in [3.05, 3.63) is 29.3 Å². The number of nitrogens with zero attached hydrogens (tertiary/aromatic N) is 2. The van der Waals surface area contributed by atoms with Crippen molar-refractivity contribution in [2.24, 2.45) is 0 Å². The Kier molecular flexibility index (Phi) is 3.20. The molecule has 0 bridgehead atoms. The number of aryl methyl sites for hydroxylation is 1. The molecule has 0 spiro atoms. The molecule has 0 radical (unpaired) electrons. The Morgan fingerprint density at radius 2 is 1.90 bits per heavy atom. The fourth-order valence-electron chi connectivity index (χ4n) is 4.46. The SMILES string of the molecule is Nc1ccc2c(c1)CCC2N1CCN2CCCCC2C1. The summed E-state index contributed by atoms with van der Waals surface area (Å²) >= 11 is 0. The summed E-state index contributed by atoms with van der Waals surface area (Å²) in [4.78, 5) is 5.47. The molecule has 2 fully saturated rings. The third kappa shape index (κ3) is 2.13. The number of benzene rings is 1. The lowest BCUT2D eigenvalue weighted by Gasteiger charge is -2.46. The maximum atomic E-state index is 5.92. The first-order valence-electron chi connectivity index (χ1n) is 8.17. The van der Waals surface area contributed by atoms with Crippen LogP contribution in [0.3, 0.4) is 0 Å². The van der Waals surface area contributed by atoms with Crippen LogP contribution < -0.4 is 5.73 Å². The van der Waals surface area contributed by atoms with E-state index in [1.54, 1.807) is 5.56 Å². The molecule has 2 heterocycles. The highest BCUT2D eigenvalue weighted by Gasteiger charge is 2.35. The molecule has 2 unspecified atom stereocenters. The molecule has 1 aromatic carbocycles. The van der Waals surface area contributed by atoms with E-state index in [9.17, 15) is 0 Å². The zero-order valence-corrected chi connectivity index (χ0v) is 12.2. The topological polar surface area (TPSA) is 32.5 Å². The maximum absolute atomic E-state index is 5.92. The average molecular weight is 271 g/mol. The smallest absolute Gasteiger partial charge is 0.0355 e. The minimum absolute atomic E-state index is 0.648. The number of piperidine rings is 1. The third-order valence-electron chi connectivity index (χ3n) is 5.52. The first kappa shape index (κ1) is 12.7. The van der Waals surface area contributed by atoms with Crippen LogP contribution >= 0.6 is 0 Å². The van der Waals surface area contributed by atoms with Gasteiger partial charge in [-0.05, 0) is 55.5 Å². The van der Waals surface area contributed by atoms with Crippen molar-refractivity contribution >= 4 is 5.69 Å². The molecule has 0 aromatic heterocycles. The van der Waals surface area contributed by atoms with Crippen molar-refractivity contribution in [3.8, 4) is 0 Å². The van der Waals surface area contributed by atoms with Crippen LogP contribution in [0, 0.1) is 0 Å². The monoisotopic (exact) mass is 271 g/mol. The summed E-state index contributed by atoms with van der Waals surface area (Å²) in [6.07, 6.45) is 6.72. The number of fused-ring (bicyclic) bond motifs is 2. The average Bonchev–Trinajstić information content (AvgIpc) is 2.89. The molecular formula is C17H25N3. The van der Waals surface area contributed by atoms with Gasteiger partial charge in [-0.1, -0.05) is 12.5 Å². The Morgan fingerprint density at radius 1 is 1.00 bits per heavy atom. The van der Waals surface area contributed by atoms with Gasteiger partial charge in [-0.2, -0.15) is 0 Å². The van der Waals surface area contributed by atoms with E-state index < -0.39 is 0 Å². The van der Waals surface area contributed by atoms with Gasteiger partial charge in [0.1, 0.15) is 0 Å². The zero-order valence-electron chi connectivity index (χ0n) is 12.2. The normalized spacial score (nSPS) is 31.0. The second kappa shape index (κ2) is 5.05. The van der Waals surface area contributed by atoms with E-state index in [1.807, 2.05) is 0 Å². The number of hydrogen-bond acceptors (Lipinski definition) is 3. The second-order valence-electron chi connectivity index (χ2n) is 6.69. The van der Waals surface area contributed by atoms with Gasteiger partial charge in [0, 0.05) is 37.4 Å². The molecule has 0 saturated carbocycles. The van der Waals surface area contributed by atoms with Crippen molar-refractivity contribution in [1.82, 2.24) is 9.80 Å². The van der Waals surface area contributed by atoms with Crippen molar-refractivity contribution in [3.63, 3.8) is 0 Å². The van der Waals surface area contributed by atoms with Crippen molar-refractivity contribution in [2.75, 3.05) is 31.9 Å². The Bertz CT molecular complexity index is 499. The number of hydrogen-bond donors (Lipinski definition) is 1. The molecule has 2 atom stereocenters. The number of piperazine rings is 1. The summed E-state index contributed by atoms with van der Waals surface area (Å²) in [6, 6.07) is 8.00. The molecule has 1 aliphatic carbocycles. The van der Waals surface area contributed by atoms with Crippen molar-refractivity contribution in [1.29, 1.82) is 0 Å². The van der Waals surface area contributed by atoms with Crippen LogP contribution in [0.5, 0.6) is 0 Å². The van der Waals surface area contributed by atoms with E-state index in [-0.39, 0.29) is 0 Å². The van der Waals surface area contributed by atoms with Gasteiger partial charge >= 0.3 is 0 Å². The Morgan fingerprint density at radius 3 is 2.85 bits per heavy atom. The van der Waals surface area contributed by atoms with Gasteiger partial charge in [0.05, 0.1) is 0 Å². The predicted octanol–water partition coefficient (Wildman–Crippen LogP) is 2.43. The van der Waals surface area contributed by atoms with Gasteiger partial charge in [-0.3, -0.25) is 9.80 Å². The minimum atomic E-state index is 0.648. The minimum Gasteiger partial charge on any atom is -0.399 e. The van der Waals surface area contributed by atoms with Crippen molar-refractivity contribution in [2.45, 2.75) is 44.2 Å². The fourth-order valence-corrected chi connectivity index (χ4v) is 4.46. The van der Waals surface area contributed by atoms with Gasteiger partial charge < -0.3 is 5.73 Å². The van der Waals surface area contributed by atoms with Crippen LogP contribution in [0.2, 0.25) is 0 Å². The predicted molar refractivity (Wildman–Crippen MR) is 82.7 cm³/mol. The van der Waals surface area contributed by atoms with Crippen LogP contribution in [-0.2, 0) is 6.42 Å². The Hall–Kier alpha value is -1.06. The van der Waals surface area contributed by atoms with Gasteiger partial charge in [0.2, 0.25) is 0 Å². The molecular weight excluding hydrogens is 246 g/mol. The standard InChI is InChI=1S/C17H25N3/c18-14-5-6-16-13(11-14)4-7-17(16)20-10-9-19-8-2-1-3-15(19)12-20/h5-6,11,15,17H,1-4,7-10,12,18H2. The van der Waals surface area contributed by atoms with Crippen LogP contribution in [0.25, 0.3) is 0 Å². The number of rotatable bonds is 1. The molecule has 20 heavy (non-hydrogen) atoms. The van der Waals surface area contributed by atoms with Gasteiger partial charge in [0.15, 0.2) is 0 Å². The van der Waals surface area contributed by atoms with E-state index in [0.29, 0.717) is 6.04 Å². The fraction of sp³-hybridized carbons (Fsp3) is 0.647. The number of anilines is 1. The van der Waals surface area contributed by atoms with Crippen LogP contribution in [0.15, 0.2) is 18.2 Å². The summed E-state index contributed by atoms with van der Waals surface area (Å²) in [7, 11) is 0. The van der Waals surface area contributed by atoms with Gasteiger partial charge in [-0.25, -0.2) is 0 Å². The van der Waals surface area contributed by atoms with E-state index >= 15 is 0 Å². The summed E-state index contributed by atoms with van der Waals surface area (Å²) in [5.74, 6) is 0. The molecule has 3 aliphatic rings. The van der Waals surface area contributed by atoms with E-state index in [0.717, 1.165) is 11.7 Å². The number of nitrogen functional groups attached to an aromatic ring is 1. The molecule has 2 N–H and O–H groups in total. The second-order valence-corrected chi connectivity index (χ2v) is 6.69. The largest absolute Gasteiger partial charge is 0.399 e. The van der Waals surface area contributed by atoms with Crippen LogP contribution in [0.4, 0.5) is 5.69 Å². The molecule has 2 saturated heterocycles. The highest BCUT2D eigenvalue weighted by molar-refractivity contribution is 5.47. The Balaban J connectivity index is 1.52. The molecule has 3 nitrogen and oxygen atoms in total. The zero-order chi connectivity index (χ0) is 13.5. The maximum Gasteiger partial charge on any atom is 0.0355 e. The van der Waals surface area contributed by atoms with Crippen molar-refractivity contribution < 1.29 is 0 Å². The first-order chi connectivity index (χ1) is 9.81. The highest BCUT2D eigenvalue weighted by Crippen LogP contribution is 2.38. The van der Waals surface area contributed by atoms with Crippen LogP contribution in [-0.4, -0.2) is 42.0 Å².